The van der Waals surface area contributed by atoms with Crippen LogP contribution >= 0.6 is 0 Å². The molecule has 0 fully saturated rings. The summed E-state index contributed by atoms with van der Waals surface area (Å²) in [6.07, 6.45) is -0.734. The van der Waals surface area contributed by atoms with Crippen molar-refractivity contribution < 1.29 is 14.2 Å². The van der Waals surface area contributed by atoms with Crippen LogP contribution in [0.15, 0.2) is 36.4 Å². The van der Waals surface area contributed by atoms with E-state index in [-0.39, 0.29) is 5.75 Å². The molecule has 0 aromatic heterocycles. The quantitative estimate of drug-likeness (QED) is 0.922. The Bertz CT molecular complexity index is 675. The highest BCUT2D eigenvalue weighted by atomic mass is 19.1. The first-order valence-electron chi connectivity index (χ1n) is 6.17. The van der Waals surface area contributed by atoms with Gasteiger partial charge in [-0.25, -0.2) is 4.39 Å². The summed E-state index contributed by atoms with van der Waals surface area (Å²) in [4.78, 5) is 0. The lowest BCUT2D eigenvalue weighted by Gasteiger charge is -2.11. The Morgan fingerprint density at radius 2 is 1.95 bits per heavy atom. The number of rotatable bonds is 3. The van der Waals surface area contributed by atoms with Crippen molar-refractivity contribution in [3.63, 3.8) is 0 Å². The zero-order valence-corrected chi connectivity index (χ0v) is 11.2. The van der Waals surface area contributed by atoms with E-state index in [1.165, 1.54) is 12.1 Å². The van der Waals surface area contributed by atoms with Gasteiger partial charge in [0.25, 0.3) is 0 Å². The van der Waals surface area contributed by atoms with E-state index in [2.05, 4.69) is 0 Å². The minimum absolute atomic E-state index is 0.0626. The number of halogens is 1. The topological polar surface area (TPSA) is 53.2 Å². The van der Waals surface area contributed by atoms with Crippen molar-refractivity contribution in [2.24, 2.45) is 0 Å². The number of benzene rings is 2. The van der Waals surface area contributed by atoms with E-state index in [1.54, 1.807) is 31.2 Å². The van der Waals surface area contributed by atoms with Crippen LogP contribution in [-0.2, 0) is 0 Å². The van der Waals surface area contributed by atoms with Crippen LogP contribution in [0.2, 0.25) is 0 Å². The van der Waals surface area contributed by atoms with Crippen molar-refractivity contribution >= 4 is 0 Å². The molecule has 1 atom stereocenters. The first-order chi connectivity index (χ1) is 9.51. The Hall–Kier alpha value is -2.38. The normalized spacial score (nSPS) is 11.8. The Morgan fingerprint density at radius 3 is 2.55 bits per heavy atom. The predicted octanol–water partition coefficient (Wildman–Crippen LogP) is 3.85. The Balaban J connectivity index is 2.33. The molecule has 0 spiro atoms. The highest BCUT2D eigenvalue weighted by molar-refractivity contribution is 5.44. The van der Waals surface area contributed by atoms with E-state index in [4.69, 9.17) is 10.00 Å². The van der Waals surface area contributed by atoms with Crippen LogP contribution in [0.4, 0.5) is 4.39 Å². The van der Waals surface area contributed by atoms with Gasteiger partial charge in [0.2, 0.25) is 0 Å². The summed E-state index contributed by atoms with van der Waals surface area (Å²) in [6.45, 7) is 3.38. The second kappa shape index (κ2) is 5.72. The Labute approximate surface area is 116 Å². The minimum atomic E-state index is -0.734. The van der Waals surface area contributed by atoms with Gasteiger partial charge < -0.3 is 9.84 Å². The third kappa shape index (κ3) is 2.95. The summed E-state index contributed by atoms with van der Waals surface area (Å²) in [7, 11) is 0. The lowest BCUT2D eigenvalue weighted by molar-refractivity contribution is 0.198. The summed E-state index contributed by atoms with van der Waals surface area (Å²) in [6, 6.07) is 11.3. The molecular formula is C16H14FNO2. The maximum Gasteiger partial charge on any atom is 0.166 e. The van der Waals surface area contributed by atoms with E-state index >= 15 is 0 Å². The number of nitrogens with zero attached hydrogens (tertiary/aromatic N) is 1. The molecule has 2 aromatic carbocycles. The molecule has 0 heterocycles. The van der Waals surface area contributed by atoms with Crippen LogP contribution in [0.1, 0.15) is 29.7 Å². The van der Waals surface area contributed by atoms with Crippen LogP contribution < -0.4 is 4.74 Å². The molecule has 0 aliphatic heterocycles. The minimum Gasteiger partial charge on any atom is -0.454 e. The average Bonchev–Trinajstić information content (AvgIpc) is 2.43. The summed E-state index contributed by atoms with van der Waals surface area (Å²) in [5.74, 6) is -0.0505. The second-order valence-corrected chi connectivity index (χ2v) is 4.56. The number of nitriles is 1. The molecule has 0 amide bonds. The molecule has 2 rings (SSSR count). The zero-order valence-electron chi connectivity index (χ0n) is 11.2. The van der Waals surface area contributed by atoms with Crippen LogP contribution in [-0.4, -0.2) is 5.11 Å². The van der Waals surface area contributed by atoms with E-state index in [9.17, 15) is 9.50 Å². The van der Waals surface area contributed by atoms with Crippen molar-refractivity contribution in [3.8, 4) is 17.6 Å². The second-order valence-electron chi connectivity index (χ2n) is 4.56. The lowest BCUT2D eigenvalue weighted by Crippen LogP contribution is -1.95. The Morgan fingerprint density at radius 1 is 1.20 bits per heavy atom. The van der Waals surface area contributed by atoms with Gasteiger partial charge >= 0.3 is 0 Å². The van der Waals surface area contributed by atoms with Crippen molar-refractivity contribution in [1.82, 2.24) is 0 Å². The van der Waals surface area contributed by atoms with Gasteiger partial charge in [0.15, 0.2) is 11.6 Å². The zero-order chi connectivity index (χ0) is 14.7. The number of hydrogen-bond donors (Lipinski definition) is 1. The lowest BCUT2D eigenvalue weighted by atomic mass is 10.1. The fraction of sp³-hybridized carbons (Fsp3) is 0.188. The van der Waals surface area contributed by atoms with Gasteiger partial charge in [-0.05, 0) is 49.2 Å². The maximum atomic E-state index is 13.9. The molecule has 20 heavy (non-hydrogen) atoms. The highest BCUT2D eigenvalue weighted by Crippen LogP contribution is 2.29. The van der Waals surface area contributed by atoms with Crippen LogP contribution in [0.5, 0.6) is 11.5 Å². The SMILES string of the molecule is Cc1ccc(C#N)cc1Oc1ccc([C@H](C)O)cc1F. The van der Waals surface area contributed by atoms with Crippen molar-refractivity contribution in [3.05, 3.63) is 58.9 Å². The summed E-state index contributed by atoms with van der Waals surface area (Å²) in [5, 5.41) is 18.3. The van der Waals surface area contributed by atoms with Gasteiger partial charge in [-0.2, -0.15) is 5.26 Å². The fourth-order valence-electron chi connectivity index (χ4n) is 1.76. The first kappa shape index (κ1) is 14.0. The summed E-state index contributed by atoms with van der Waals surface area (Å²) >= 11 is 0. The monoisotopic (exact) mass is 271 g/mol. The number of ether oxygens (including phenoxy) is 1. The molecule has 2 aromatic rings. The number of aliphatic hydroxyl groups excluding tert-OH is 1. The van der Waals surface area contributed by atoms with E-state index < -0.39 is 11.9 Å². The molecule has 1 N–H and O–H groups in total. The standard InChI is InChI=1S/C16H14FNO2/c1-10-3-4-12(9-18)7-16(10)20-15-6-5-13(11(2)19)8-14(15)17/h3-8,11,19H,1-2H3/t11-/m0/s1. The molecule has 4 heteroatoms. The Kier molecular flexibility index (Phi) is 4.02. The maximum absolute atomic E-state index is 13.9. The fourth-order valence-corrected chi connectivity index (χ4v) is 1.76. The number of aliphatic hydroxyl groups is 1. The van der Waals surface area contributed by atoms with E-state index in [1.807, 2.05) is 13.0 Å². The smallest absolute Gasteiger partial charge is 0.166 e. The van der Waals surface area contributed by atoms with Crippen LogP contribution in [0.25, 0.3) is 0 Å². The van der Waals surface area contributed by atoms with Crippen LogP contribution in [0, 0.1) is 24.1 Å². The van der Waals surface area contributed by atoms with Gasteiger partial charge in [0.05, 0.1) is 17.7 Å². The highest BCUT2D eigenvalue weighted by Gasteiger charge is 2.10. The summed E-state index contributed by atoms with van der Waals surface area (Å²) in [5.41, 5.74) is 1.74. The summed E-state index contributed by atoms with van der Waals surface area (Å²) < 4.78 is 19.4. The first-order valence-corrected chi connectivity index (χ1v) is 6.17. The predicted molar refractivity (Wildman–Crippen MR) is 73.0 cm³/mol. The van der Waals surface area contributed by atoms with Crippen molar-refractivity contribution in [2.45, 2.75) is 20.0 Å². The van der Waals surface area contributed by atoms with Crippen molar-refractivity contribution in [2.75, 3.05) is 0 Å². The van der Waals surface area contributed by atoms with Gasteiger partial charge in [-0.1, -0.05) is 12.1 Å². The molecule has 0 unspecified atom stereocenters. The molecule has 102 valence electrons. The molecule has 0 bridgehead atoms. The van der Waals surface area contributed by atoms with Crippen molar-refractivity contribution in [1.29, 1.82) is 5.26 Å². The molecule has 0 saturated carbocycles. The van der Waals surface area contributed by atoms with Gasteiger partial charge in [-0.15, -0.1) is 0 Å². The van der Waals surface area contributed by atoms with Crippen LogP contribution in [0.3, 0.4) is 0 Å². The number of hydrogen-bond acceptors (Lipinski definition) is 3. The third-order valence-electron chi connectivity index (χ3n) is 2.98. The van der Waals surface area contributed by atoms with Gasteiger partial charge in [-0.3, -0.25) is 0 Å². The van der Waals surface area contributed by atoms with E-state index in [0.717, 1.165) is 5.56 Å². The molecule has 0 saturated heterocycles. The molecule has 0 radical (unpaired) electrons. The van der Waals surface area contributed by atoms with Gasteiger partial charge in [0.1, 0.15) is 5.75 Å². The molecular weight excluding hydrogens is 257 g/mol. The van der Waals surface area contributed by atoms with Gasteiger partial charge in [0, 0.05) is 0 Å². The third-order valence-corrected chi connectivity index (χ3v) is 2.98. The molecule has 3 nitrogen and oxygen atoms in total. The number of aryl methyl sites for hydroxylation is 1. The van der Waals surface area contributed by atoms with E-state index in [0.29, 0.717) is 16.9 Å². The molecule has 0 aliphatic rings. The molecule has 0 aliphatic carbocycles. The average molecular weight is 271 g/mol. The largest absolute Gasteiger partial charge is 0.454 e.